The molecule has 0 radical (unpaired) electrons. The first-order valence-electron chi connectivity index (χ1n) is 13.1. The van der Waals surface area contributed by atoms with E-state index in [4.69, 9.17) is 21.1 Å². The summed E-state index contributed by atoms with van der Waals surface area (Å²) in [5.41, 5.74) is 2.89. The lowest BCUT2D eigenvalue weighted by atomic mass is 9.92. The molecule has 0 saturated heterocycles. The molecule has 0 atom stereocenters. The molecule has 4 aromatic rings. The number of esters is 1. The number of anilines is 3. The molecular formula is C31H30ClN3O5S. The molecule has 1 heterocycles. The Labute approximate surface area is 244 Å². The minimum absolute atomic E-state index is 0.0698. The first kappa shape index (κ1) is 28.3. The highest BCUT2D eigenvalue weighted by atomic mass is 35.5. The molecule has 4 aromatic carbocycles. The maximum Gasteiger partial charge on any atom is 0.305 e. The van der Waals surface area contributed by atoms with E-state index in [2.05, 4.69) is 15.4 Å². The molecule has 212 valence electrons. The molecule has 1 aliphatic rings. The largest absolute Gasteiger partial charge is 0.491 e. The van der Waals surface area contributed by atoms with Crippen molar-refractivity contribution in [1.82, 2.24) is 0 Å². The quantitative estimate of drug-likeness (QED) is 0.133. The second kappa shape index (κ2) is 12.1. The summed E-state index contributed by atoms with van der Waals surface area (Å²) in [5, 5.41) is 7.67. The molecule has 3 N–H and O–H groups in total. The number of fused-ring (bicyclic) bond motifs is 1. The van der Waals surface area contributed by atoms with Crippen LogP contribution in [0.1, 0.15) is 30.4 Å². The second-order valence-corrected chi connectivity index (χ2v) is 11.7. The van der Waals surface area contributed by atoms with Crippen molar-refractivity contribution < 1.29 is 22.7 Å². The zero-order chi connectivity index (χ0) is 28.9. The average Bonchev–Trinajstić information content (AvgIpc) is 3.37. The van der Waals surface area contributed by atoms with Crippen LogP contribution in [-0.2, 0) is 25.2 Å². The molecule has 0 unspecified atom stereocenters. The fourth-order valence-corrected chi connectivity index (χ4v) is 5.91. The highest BCUT2D eigenvalue weighted by Crippen LogP contribution is 2.47. The maximum atomic E-state index is 13.3. The molecule has 1 aliphatic heterocycles. The van der Waals surface area contributed by atoms with Crippen LogP contribution < -0.4 is 20.1 Å². The fraction of sp³-hybridized carbons (Fsp3) is 0.194. The van der Waals surface area contributed by atoms with Gasteiger partial charge in [-0.1, -0.05) is 72.3 Å². The molecule has 0 saturated carbocycles. The lowest BCUT2D eigenvalue weighted by Crippen LogP contribution is -2.39. The Morgan fingerprint density at radius 1 is 0.854 bits per heavy atom. The number of carbonyl (C=O) groups is 1. The molecule has 41 heavy (non-hydrogen) atoms. The predicted octanol–water partition coefficient (Wildman–Crippen LogP) is 6.60. The number of hydrogen-bond acceptors (Lipinski definition) is 7. The van der Waals surface area contributed by atoms with Crippen LogP contribution in [-0.4, -0.2) is 28.1 Å². The summed E-state index contributed by atoms with van der Waals surface area (Å²) in [6, 6.07) is 29.4. The summed E-state index contributed by atoms with van der Waals surface area (Å²) in [7, 11) is -2.60. The van der Waals surface area contributed by atoms with E-state index in [1.807, 2.05) is 60.7 Å². The standard InChI is InChI=1S/C31H30ClN3O5S/c1-39-30(36)14-8-9-19-40-29-21-27-26(20-28(29)35-41(37,38)25-17-15-24(32)16-18-25)33-31(34-27,22-10-4-2-5-11-22)23-12-6-3-7-13-23/h2-7,10-13,15-18,20-21,33-35H,8-9,14,19H2,1H3. The Kier molecular flexibility index (Phi) is 8.37. The Morgan fingerprint density at radius 2 is 1.44 bits per heavy atom. The van der Waals surface area contributed by atoms with Crippen LogP contribution in [0.2, 0.25) is 5.02 Å². The van der Waals surface area contributed by atoms with Gasteiger partial charge in [0.05, 0.1) is 35.7 Å². The van der Waals surface area contributed by atoms with E-state index in [-0.39, 0.29) is 29.6 Å². The molecule has 0 fully saturated rings. The summed E-state index contributed by atoms with van der Waals surface area (Å²) < 4.78 is 40.1. The maximum absolute atomic E-state index is 13.3. The number of sulfonamides is 1. The van der Waals surface area contributed by atoms with Crippen molar-refractivity contribution in [2.24, 2.45) is 0 Å². The zero-order valence-corrected chi connectivity index (χ0v) is 24.0. The monoisotopic (exact) mass is 591 g/mol. The topological polar surface area (TPSA) is 106 Å². The van der Waals surface area contributed by atoms with Crippen LogP contribution in [0.4, 0.5) is 17.1 Å². The van der Waals surface area contributed by atoms with Gasteiger partial charge in [-0.2, -0.15) is 0 Å². The Balaban J connectivity index is 1.50. The van der Waals surface area contributed by atoms with Gasteiger partial charge in [-0.15, -0.1) is 0 Å². The number of methoxy groups -OCH3 is 1. The Hall–Kier alpha value is -4.21. The highest BCUT2D eigenvalue weighted by molar-refractivity contribution is 7.92. The Bertz CT molecular complexity index is 1580. The van der Waals surface area contributed by atoms with Crippen molar-refractivity contribution in [3.63, 3.8) is 0 Å². The number of hydrogen-bond donors (Lipinski definition) is 3. The SMILES string of the molecule is COC(=O)CCCCOc1cc2c(cc1NS(=O)(=O)c1ccc(Cl)cc1)NC(c1ccccc1)(c1ccccc1)N2. The number of halogens is 1. The number of rotatable bonds is 11. The van der Waals surface area contributed by atoms with Crippen LogP contribution in [0.25, 0.3) is 0 Å². The van der Waals surface area contributed by atoms with Crippen LogP contribution >= 0.6 is 11.6 Å². The van der Waals surface area contributed by atoms with Gasteiger partial charge < -0.3 is 20.1 Å². The van der Waals surface area contributed by atoms with E-state index >= 15 is 0 Å². The lowest BCUT2D eigenvalue weighted by molar-refractivity contribution is -0.140. The number of unbranched alkanes of at least 4 members (excludes halogenated alkanes) is 1. The van der Waals surface area contributed by atoms with E-state index in [0.717, 1.165) is 16.8 Å². The van der Waals surface area contributed by atoms with Crippen LogP contribution in [0.3, 0.4) is 0 Å². The van der Waals surface area contributed by atoms with Gasteiger partial charge in [0.2, 0.25) is 0 Å². The molecule has 0 bridgehead atoms. The summed E-state index contributed by atoms with van der Waals surface area (Å²) in [4.78, 5) is 11.5. The second-order valence-electron chi connectivity index (χ2n) is 9.57. The summed E-state index contributed by atoms with van der Waals surface area (Å²) in [6.45, 7) is 0.279. The fourth-order valence-electron chi connectivity index (χ4n) is 4.73. The molecule has 0 amide bonds. The predicted molar refractivity (Wildman–Crippen MR) is 161 cm³/mol. The third-order valence-electron chi connectivity index (χ3n) is 6.81. The van der Waals surface area contributed by atoms with Crippen molar-refractivity contribution in [1.29, 1.82) is 0 Å². The minimum atomic E-state index is -3.95. The van der Waals surface area contributed by atoms with Gasteiger partial charge in [-0.25, -0.2) is 8.42 Å². The molecule has 0 spiro atoms. The van der Waals surface area contributed by atoms with E-state index in [1.165, 1.54) is 31.4 Å². The van der Waals surface area contributed by atoms with Gasteiger partial charge in [-0.3, -0.25) is 9.52 Å². The van der Waals surface area contributed by atoms with Crippen molar-refractivity contribution >= 4 is 44.7 Å². The number of carbonyl (C=O) groups excluding carboxylic acids is 1. The highest BCUT2D eigenvalue weighted by Gasteiger charge is 2.40. The number of benzene rings is 4. The van der Waals surface area contributed by atoms with Gasteiger partial charge in [0.1, 0.15) is 5.75 Å². The normalized spacial score (nSPS) is 13.4. The van der Waals surface area contributed by atoms with E-state index in [1.54, 1.807) is 12.1 Å². The summed E-state index contributed by atoms with van der Waals surface area (Å²) >= 11 is 5.97. The molecule has 0 aromatic heterocycles. The summed E-state index contributed by atoms with van der Waals surface area (Å²) in [5.74, 6) is 0.0676. The molecule has 5 rings (SSSR count). The van der Waals surface area contributed by atoms with Crippen molar-refractivity contribution in [3.8, 4) is 5.75 Å². The lowest BCUT2D eigenvalue weighted by Gasteiger charge is -2.32. The summed E-state index contributed by atoms with van der Waals surface area (Å²) in [6.07, 6.45) is 1.44. The van der Waals surface area contributed by atoms with Gasteiger partial charge >= 0.3 is 5.97 Å². The average molecular weight is 592 g/mol. The Morgan fingerprint density at radius 3 is 2.02 bits per heavy atom. The third-order valence-corrected chi connectivity index (χ3v) is 8.44. The van der Waals surface area contributed by atoms with E-state index < -0.39 is 15.7 Å². The van der Waals surface area contributed by atoms with Crippen molar-refractivity contribution in [2.75, 3.05) is 29.1 Å². The third kappa shape index (κ3) is 6.26. The molecule has 8 nitrogen and oxygen atoms in total. The van der Waals surface area contributed by atoms with Crippen molar-refractivity contribution in [3.05, 3.63) is 113 Å². The van der Waals surface area contributed by atoms with Gasteiger partial charge in [-0.05, 0) is 43.2 Å². The van der Waals surface area contributed by atoms with Crippen LogP contribution in [0.5, 0.6) is 5.75 Å². The minimum Gasteiger partial charge on any atom is -0.491 e. The number of ether oxygens (including phenoxy) is 2. The number of nitrogens with one attached hydrogen (secondary N) is 3. The first-order valence-corrected chi connectivity index (χ1v) is 15.0. The van der Waals surface area contributed by atoms with Gasteiger partial charge in [0.25, 0.3) is 10.0 Å². The van der Waals surface area contributed by atoms with Crippen molar-refractivity contribution in [2.45, 2.75) is 29.8 Å². The smallest absolute Gasteiger partial charge is 0.305 e. The van der Waals surface area contributed by atoms with Crippen LogP contribution in [0, 0.1) is 0 Å². The zero-order valence-electron chi connectivity index (χ0n) is 22.4. The molecular weight excluding hydrogens is 562 g/mol. The first-order chi connectivity index (χ1) is 19.8. The van der Waals surface area contributed by atoms with E-state index in [9.17, 15) is 13.2 Å². The molecule has 10 heteroatoms. The van der Waals surface area contributed by atoms with E-state index in [0.29, 0.717) is 29.3 Å². The molecule has 0 aliphatic carbocycles. The van der Waals surface area contributed by atoms with Gasteiger partial charge in [0.15, 0.2) is 5.66 Å². The van der Waals surface area contributed by atoms with Crippen LogP contribution in [0.15, 0.2) is 102 Å². The van der Waals surface area contributed by atoms with Gasteiger partial charge in [0, 0.05) is 28.6 Å².